The first-order valence-corrected chi connectivity index (χ1v) is 10.3. The maximum Gasteiger partial charge on any atom is 0.416 e. The molecule has 32 heavy (non-hydrogen) atoms. The van der Waals surface area contributed by atoms with Crippen molar-refractivity contribution in [3.63, 3.8) is 0 Å². The third-order valence-corrected chi connectivity index (χ3v) is 5.36. The second kappa shape index (κ2) is 9.03. The Bertz CT molecular complexity index is 1100. The summed E-state index contributed by atoms with van der Waals surface area (Å²) in [6.07, 6.45) is -4.61. The van der Waals surface area contributed by atoms with Crippen LogP contribution in [0.2, 0.25) is 0 Å². The average molecular weight is 512 g/mol. The highest BCUT2D eigenvalue weighted by atomic mass is 79.9. The van der Waals surface area contributed by atoms with Gasteiger partial charge in [0, 0.05) is 10.9 Å². The lowest BCUT2D eigenvalue weighted by molar-refractivity contribution is -0.138. The molecule has 0 aliphatic carbocycles. The zero-order valence-electron chi connectivity index (χ0n) is 16.6. The molecule has 0 fully saturated rings. The van der Waals surface area contributed by atoms with Gasteiger partial charge < -0.3 is 15.8 Å². The van der Waals surface area contributed by atoms with Crippen molar-refractivity contribution in [3.05, 3.63) is 76.5 Å². The average Bonchev–Trinajstić information content (AvgIpc) is 2.77. The van der Waals surface area contributed by atoms with Crippen LogP contribution >= 0.6 is 15.9 Å². The normalized spacial score (nSPS) is 16.6. The fraction of sp³-hybridized carbons (Fsp3) is 0.190. The second-order valence-electron chi connectivity index (χ2n) is 6.74. The Morgan fingerprint density at radius 3 is 2.38 bits per heavy atom. The molecule has 168 valence electrons. The van der Waals surface area contributed by atoms with Crippen LogP contribution in [0.15, 0.2) is 59.8 Å². The Labute approximate surface area is 189 Å². The minimum absolute atomic E-state index is 0.0215. The number of primary amides is 1. The van der Waals surface area contributed by atoms with Gasteiger partial charge in [0.05, 0.1) is 35.7 Å². The van der Waals surface area contributed by atoms with Gasteiger partial charge in [0.1, 0.15) is 0 Å². The van der Waals surface area contributed by atoms with Gasteiger partial charge in [0.2, 0.25) is 5.91 Å². The van der Waals surface area contributed by atoms with Crippen LogP contribution in [0.1, 0.15) is 27.5 Å². The van der Waals surface area contributed by atoms with Gasteiger partial charge in [0.15, 0.2) is 0 Å². The summed E-state index contributed by atoms with van der Waals surface area (Å²) in [7, 11) is 1.15. The number of carbonyl (C=O) groups is 3. The molecule has 0 saturated carbocycles. The first-order valence-electron chi connectivity index (χ1n) is 9.13. The molecule has 1 aliphatic heterocycles. The highest BCUT2D eigenvalue weighted by Crippen LogP contribution is 2.37. The van der Waals surface area contributed by atoms with Gasteiger partial charge in [0.25, 0.3) is 0 Å². The molecule has 1 unspecified atom stereocenters. The van der Waals surface area contributed by atoms with Crippen LogP contribution in [0, 0.1) is 0 Å². The first kappa shape index (κ1) is 23.3. The summed E-state index contributed by atoms with van der Waals surface area (Å²) in [5.41, 5.74) is 5.04. The molecule has 0 saturated heterocycles. The van der Waals surface area contributed by atoms with Crippen molar-refractivity contribution >= 4 is 39.5 Å². The summed E-state index contributed by atoms with van der Waals surface area (Å²) < 4.78 is 44.5. The molecule has 2 aromatic carbocycles. The number of methoxy groups -OCH3 is 1. The molecule has 1 atom stereocenters. The molecule has 0 aromatic heterocycles. The van der Waals surface area contributed by atoms with Crippen LogP contribution in [0.5, 0.6) is 0 Å². The van der Waals surface area contributed by atoms with Crippen LogP contribution in [0.4, 0.5) is 23.7 Å². The summed E-state index contributed by atoms with van der Waals surface area (Å²) in [6, 6.07) is 8.39. The van der Waals surface area contributed by atoms with Gasteiger partial charge in [-0.05, 0) is 35.9 Å². The van der Waals surface area contributed by atoms with E-state index >= 15 is 0 Å². The van der Waals surface area contributed by atoms with E-state index in [2.05, 4.69) is 21.2 Å². The maximum atomic E-state index is 13.2. The highest BCUT2D eigenvalue weighted by Gasteiger charge is 2.39. The molecule has 11 heteroatoms. The predicted octanol–water partition coefficient (Wildman–Crippen LogP) is 3.90. The number of nitrogens with zero attached hydrogens (tertiary/aromatic N) is 1. The number of ether oxygens (including phenoxy) is 1. The minimum Gasteiger partial charge on any atom is -0.466 e. The zero-order chi connectivity index (χ0) is 23.6. The largest absolute Gasteiger partial charge is 0.466 e. The van der Waals surface area contributed by atoms with E-state index in [1.54, 1.807) is 0 Å². The number of hydrogen-bond acceptors (Lipinski definition) is 4. The standard InChI is InChI=1S/C21H17BrF3N3O4/c1-32-19(30)16-15(10-22)28(14-4-2-3-13(9-14)21(23,24)25)20(31)27-17(16)11-5-7-12(8-6-11)18(26)29/h2-9,17H,10H2,1H3,(H2,26,29)(H,27,31). The van der Waals surface area contributed by atoms with Crippen molar-refractivity contribution in [2.45, 2.75) is 12.2 Å². The predicted molar refractivity (Wildman–Crippen MR) is 113 cm³/mol. The quantitative estimate of drug-likeness (QED) is 0.469. The highest BCUT2D eigenvalue weighted by molar-refractivity contribution is 9.09. The number of urea groups is 1. The van der Waals surface area contributed by atoms with Crippen LogP contribution in [0.25, 0.3) is 0 Å². The molecule has 1 heterocycles. The molecular formula is C21H17BrF3N3O4. The smallest absolute Gasteiger partial charge is 0.416 e. The third kappa shape index (κ3) is 4.47. The van der Waals surface area contributed by atoms with Gasteiger partial charge in [-0.15, -0.1) is 0 Å². The van der Waals surface area contributed by atoms with Crippen molar-refractivity contribution in [3.8, 4) is 0 Å². The van der Waals surface area contributed by atoms with E-state index in [1.807, 2.05) is 0 Å². The number of nitrogens with one attached hydrogen (secondary N) is 1. The molecule has 0 bridgehead atoms. The van der Waals surface area contributed by atoms with Crippen molar-refractivity contribution in [2.24, 2.45) is 5.73 Å². The number of hydrogen-bond donors (Lipinski definition) is 2. The number of carbonyl (C=O) groups excluding carboxylic acids is 3. The van der Waals surface area contributed by atoms with Crippen molar-refractivity contribution < 1.29 is 32.3 Å². The van der Waals surface area contributed by atoms with E-state index in [0.29, 0.717) is 5.56 Å². The monoisotopic (exact) mass is 511 g/mol. The summed E-state index contributed by atoms with van der Waals surface area (Å²) >= 11 is 3.23. The minimum atomic E-state index is -4.61. The number of benzene rings is 2. The summed E-state index contributed by atoms with van der Waals surface area (Å²) in [6.45, 7) is 0. The molecule has 2 aromatic rings. The molecule has 0 radical (unpaired) electrons. The van der Waals surface area contributed by atoms with E-state index in [-0.39, 0.29) is 27.9 Å². The van der Waals surface area contributed by atoms with Crippen LogP contribution in [0.3, 0.4) is 0 Å². The Morgan fingerprint density at radius 2 is 1.84 bits per heavy atom. The van der Waals surface area contributed by atoms with Crippen LogP contribution in [-0.4, -0.2) is 30.3 Å². The van der Waals surface area contributed by atoms with Gasteiger partial charge >= 0.3 is 18.2 Å². The summed E-state index contributed by atoms with van der Waals surface area (Å²) in [4.78, 5) is 38.0. The molecule has 3 rings (SSSR count). The van der Waals surface area contributed by atoms with Gasteiger partial charge in [-0.1, -0.05) is 34.1 Å². The van der Waals surface area contributed by atoms with Gasteiger partial charge in [-0.3, -0.25) is 9.69 Å². The van der Waals surface area contributed by atoms with Crippen molar-refractivity contribution in [1.82, 2.24) is 5.32 Å². The molecule has 7 nitrogen and oxygen atoms in total. The first-order chi connectivity index (χ1) is 15.1. The summed E-state index contributed by atoms with van der Waals surface area (Å²) in [5, 5.41) is 2.60. The number of allylic oxidation sites excluding steroid dienone is 1. The molecular weight excluding hydrogens is 495 g/mol. The number of alkyl halides is 4. The zero-order valence-corrected chi connectivity index (χ0v) is 18.2. The van der Waals surface area contributed by atoms with E-state index in [0.717, 1.165) is 24.1 Å². The van der Waals surface area contributed by atoms with E-state index in [4.69, 9.17) is 10.5 Å². The lowest BCUT2D eigenvalue weighted by Gasteiger charge is -2.36. The number of anilines is 1. The summed E-state index contributed by atoms with van der Waals surface area (Å²) in [5.74, 6) is -1.43. The van der Waals surface area contributed by atoms with Crippen LogP contribution < -0.4 is 16.0 Å². The Kier molecular flexibility index (Phi) is 6.58. The lowest BCUT2D eigenvalue weighted by Crippen LogP contribution is -2.49. The van der Waals surface area contributed by atoms with Gasteiger partial charge in [-0.25, -0.2) is 9.59 Å². The SMILES string of the molecule is COC(=O)C1=C(CBr)N(c2cccc(C(F)(F)F)c2)C(=O)NC1c1ccc(C(N)=O)cc1. The van der Waals surface area contributed by atoms with Crippen molar-refractivity contribution in [2.75, 3.05) is 17.3 Å². The maximum absolute atomic E-state index is 13.2. The number of esters is 1. The molecule has 1 aliphatic rings. The fourth-order valence-corrected chi connectivity index (χ4v) is 3.88. The topological polar surface area (TPSA) is 102 Å². The number of halogens is 4. The molecule has 0 spiro atoms. The Balaban J connectivity index is 2.16. The fourth-order valence-electron chi connectivity index (χ4n) is 3.33. The van der Waals surface area contributed by atoms with E-state index in [1.165, 1.54) is 36.4 Å². The number of amides is 3. The third-order valence-electron chi connectivity index (χ3n) is 4.83. The lowest BCUT2D eigenvalue weighted by atomic mass is 9.94. The van der Waals surface area contributed by atoms with Crippen molar-refractivity contribution in [1.29, 1.82) is 0 Å². The molecule has 3 amide bonds. The Hall–Kier alpha value is -3.34. The van der Waals surface area contributed by atoms with E-state index < -0.39 is 35.7 Å². The second-order valence-corrected chi connectivity index (χ2v) is 7.30. The number of rotatable bonds is 5. The number of nitrogens with two attached hydrogens (primary N) is 1. The van der Waals surface area contributed by atoms with Gasteiger partial charge in [-0.2, -0.15) is 13.2 Å². The van der Waals surface area contributed by atoms with Crippen LogP contribution in [-0.2, 0) is 15.7 Å². The van der Waals surface area contributed by atoms with E-state index in [9.17, 15) is 27.6 Å². The molecule has 3 N–H and O–H groups in total. The Morgan fingerprint density at radius 1 is 1.19 bits per heavy atom.